The number of nitrogens with zero attached hydrogens (tertiary/aromatic N) is 1. The Balaban J connectivity index is 1.42. The first-order valence-electron chi connectivity index (χ1n) is 9.23. The molecular formula is C22H24N2O2. The third kappa shape index (κ3) is 3.97. The number of aromatic amines is 1. The average Bonchev–Trinajstić information content (AvgIpc) is 3.00. The summed E-state index contributed by atoms with van der Waals surface area (Å²) in [4.78, 5) is 17.9. The summed E-state index contributed by atoms with van der Waals surface area (Å²) in [5.74, 6) is 0.515. The minimum Gasteiger partial charge on any atom is -0.379 e. The topological polar surface area (TPSA) is 45.3 Å². The van der Waals surface area contributed by atoms with Crippen LogP contribution in [0.3, 0.4) is 0 Å². The molecule has 1 aliphatic heterocycles. The third-order valence-electron chi connectivity index (χ3n) is 5.03. The fourth-order valence-corrected chi connectivity index (χ4v) is 3.68. The van der Waals surface area contributed by atoms with Crippen LogP contribution in [0.25, 0.3) is 10.9 Å². The van der Waals surface area contributed by atoms with E-state index in [2.05, 4.69) is 29.2 Å². The largest absolute Gasteiger partial charge is 0.379 e. The van der Waals surface area contributed by atoms with E-state index in [9.17, 15) is 4.79 Å². The minimum absolute atomic E-state index is 0.188. The normalized spacial score (nSPS) is 18.0. The molecule has 0 radical (unpaired) electrons. The van der Waals surface area contributed by atoms with Crippen molar-refractivity contribution in [2.75, 3.05) is 26.3 Å². The van der Waals surface area contributed by atoms with Crippen molar-refractivity contribution < 1.29 is 9.53 Å². The molecule has 0 bridgehead atoms. The van der Waals surface area contributed by atoms with Gasteiger partial charge in [0.15, 0.2) is 0 Å². The van der Waals surface area contributed by atoms with E-state index >= 15 is 0 Å². The van der Waals surface area contributed by atoms with Crippen LogP contribution in [-0.4, -0.2) is 42.1 Å². The van der Waals surface area contributed by atoms with Crippen LogP contribution in [0.15, 0.2) is 60.8 Å². The summed E-state index contributed by atoms with van der Waals surface area (Å²) in [5, 5.41) is 1.23. The van der Waals surface area contributed by atoms with Crippen LogP contribution in [0.4, 0.5) is 0 Å². The van der Waals surface area contributed by atoms with Gasteiger partial charge in [-0.3, -0.25) is 4.79 Å². The zero-order chi connectivity index (χ0) is 17.8. The number of nitrogens with one attached hydrogen (secondary N) is 1. The molecular weight excluding hydrogens is 324 g/mol. The molecule has 1 aromatic heterocycles. The van der Waals surface area contributed by atoms with E-state index in [4.69, 9.17) is 4.74 Å². The van der Waals surface area contributed by atoms with E-state index in [1.807, 2.05) is 41.4 Å². The number of benzene rings is 2. The fourth-order valence-electron chi connectivity index (χ4n) is 3.68. The molecule has 1 amide bonds. The van der Waals surface area contributed by atoms with Crippen molar-refractivity contribution in [3.05, 3.63) is 71.9 Å². The fraction of sp³-hybridized carbons (Fsp3) is 0.318. The van der Waals surface area contributed by atoms with Crippen molar-refractivity contribution >= 4 is 16.8 Å². The van der Waals surface area contributed by atoms with Crippen LogP contribution >= 0.6 is 0 Å². The molecule has 0 aliphatic carbocycles. The van der Waals surface area contributed by atoms with Crippen molar-refractivity contribution in [2.45, 2.75) is 12.8 Å². The summed E-state index contributed by atoms with van der Waals surface area (Å²) in [6, 6.07) is 18.6. The van der Waals surface area contributed by atoms with Gasteiger partial charge in [-0.1, -0.05) is 36.4 Å². The first-order chi connectivity index (χ1) is 12.8. The SMILES string of the molecule is O=C(Cc1ccccc1)N1CCOCC(Cc2ccc3[nH]ccc3c2)C1. The number of ether oxygens (including phenoxy) is 1. The Morgan fingerprint density at radius 3 is 2.88 bits per heavy atom. The van der Waals surface area contributed by atoms with Gasteiger partial charge in [-0.2, -0.15) is 0 Å². The van der Waals surface area contributed by atoms with Crippen LogP contribution in [0.1, 0.15) is 11.1 Å². The van der Waals surface area contributed by atoms with E-state index in [0.29, 0.717) is 32.1 Å². The summed E-state index contributed by atoms with van der Waals surface area (Å²) in [6.45, 7) is 2.77. The Labute approximate surface area is 153 Å². The first-order valence-corrected chi connectivity index (χ1v) is 9.23. The second-order valence-corrected chi connectivity index (χ2v) is 7.05. The van der Waals surface area contributed by atoms with Crippen molar-refractivity contribution in [3.63, 3.8) is 0 Å². The zero-order valence-electron chi connectivity index (χ0n) is 14.9. The zero-order valence-corrected chi connectivity index (χ0v) is 14.9. The monoisotopic (exact) mass is 348 g/mol. The van der Waals surface area contributed by atoms with E-state index in [1.165, 1.54) is 10.9 Å². The molecule has 1 aliphatic rings. The minimum atomic E-state index is 0.188. The van der Waals surface area contributed by atoms with E-state index in [-0.39, 0.29) is 5.91 Å². The van der Waals surface area contributed by atoms with E-state index in [1.54, 1.807) is 0 Å². The Kier molecular flexibility index (Phi) is 5.02. The number of rotatable bonds is 4. The second kappa shape index (κ2) is 7.75. The number of carbonyl (C=O) groups is 1. The maximum atomic E-state index is 12.7. The van der Waals surface area contributed by atoms with Crippen molar-refractivity contribution in [1.82, 2.24) is 9.88 Å². The van der Waals surface area contributed by atoms with Gasteiger partial charge >= 0.3 is 0 Å². The maximum absolute atomic E-state index is 12.7. The van der Waals surface area contributed by atoms with Gasteiger partial charge in [0.25, 0.3) is 0 Å². The van der Waals surface area contributed by atoms with Crippen LogP contribution in [0.2, 0.25) is 0 Å². The molecule has 1 fully saturated rings. The highest BCUT2D eigenvalue weighted by Crippen LogP contribution is 2.19. The lowest BCUT2D eigenvalue weighted by molar-refractivity contribution is -0.130. The lowest BCUT2D eigenvalue weighted by Crippen LogP contribution is -2.37. The molecule has 2 aromatic carbocycles. The lowest BCUT2D eigenvalue weighted by atomic mass is 9.98. The average molecular weight is 348 g/mol. The van der Waals surface area contributed by atoms with Gasteiger partial charge in [0.1, 0.15) is 0 Å². The molecule has 0 spiro atoms. The smallest absolute Gasteiger partial charge is 0.227 e. The van der Waals surface area contributed by atoms with Gasteiger partial charge in [0.2, 0.25) is 5.91 Å². The summed E-state index contributed by atoms with van der Waals surface area (Å²) in [7, 11) is 0. The number of aromatic nitrogens is 1. The van der Waals surface area contributed by atoms with Gasteiger partial charge in [0, 0.05) is 30.7 Å². The Morgan fingerprint density at radius 2 is 2.00 bits per heavy atom. The van der Waals surface area contributed by atoms with E-state index in [0.717, 1.165) is 24.0 Å². The van der Waals surface area contributed by atoms with Gasteiger partial charge in [-0.25, -0.2) is 0 Å². The molecule has 4 nitrogen and oxygen atoms in total. The molecule has 1 saturated heterocycles. The number of hydrogen-bond donors (Lipinski definition) is 1. The highest BCUT2D eigenvalue weighted by molar-refractivity contribution is 5.80. The number of hydrogen-bond acceptors (Lipinski definition) is 2. The Hall–Kier alpha value is -2.59. The predicted octanol–water partition coefficient (Wildman–Crippen LogP) is 3.43. The van der Waals surface area contributed by atoms with Crippen molar-refractivity contribution in [1.29, 1.82) is 0 Å². The number of H-pyrrole nitrogens is 1. The second-order valence-electron chi connectivity index (χ2n) is 7.05. The number of carbonyl (C=O) groups excluding carboxylic acids is 1. The molecule has 3 aromatic rings. The van der Waals surface area contributed by atoms with Crippen LogP contribution in [0.5, 0.6) is 0 Å². The molecule has 1 atom stereocenters. The van der Waals surface area contributed by atoms with Crippen LogP contribution in [-0.2, 0) is 22.4 Å². The van der Waals surface area contributed by atoms with Gasteiger partial charge < -0.3 is 14.6 Å². The molecule has 0 saturated carbocycles. The molecule has 2 heterocycles. The number of amides is 1. The first kappa shape index (κ1) is 16.9. The molecule has 1 N–H and O–H groups in total. The Morgan fingerprint density at radius 1 is 1.12 bits per heavy atom. The van der Waals surface area contributed by atoms with Crippen molar-refractivity contribution in [3.8, 4) is 0 Å². The summed E-state index contributed by atoms with van der Waals surface area (Å²) in [5.41, 5.74) is 3.52. The summed E-state index contributed by atoms with van der Waals surface area (Å²) < 4.78 is 5.78. The molecule has 4 rings (SSSR count). The molecule has 1 unspecified atom stereocenters. The standard InChI is InChI=1S/C22H24N2O2/c25-22(14-17-4-2-1-3-5-17)24-10-11-26-16-19(15-24)12-18-6-7-21-20(13-18)8-9-23-21/h1-9,13,19,23H,10-12,14-16H2. The molecule has 134 valence electrons. The van der Waals surface area contributed by atoms with Crippen LogP contribution < -0.4 is 0 Å². The third-order valence-corrected chi connectivity index (χ3v) is 5.03. The maximum Gasteiger partial charge on any atom is 0.227 e. The number of fused-ring (bicyclic) bond motifs is 1. The molecule has 26 heavy (non-hydrogen) atoms. The Bertz CT molecular complexity index is 872. The van der Waals surface area contributed by atoms with Gasteiger partial charge in [0.05, 0.1) is 19.6 Å². The highest BCUT2D eigenvalue weighted by atomic mass is 16.5. The summed E-state index contributed by atoms with van der Waals surface area (Å²) >= 11 is 0. The lowest BCUT2D eigenvalue weighted by Gasteiger charge is -2.24. The molecule has 4 heteroatoms. The quantitative estimate of drug-likeness (QED) is 0.785. The highest BCUT2D eigenvalue weighted by Gasteiger charge is 2.23. The van der Waals surface area contributed by atoms with Gasteiger partial charge in [-0.15, -0.1) is 0 Å². The van der Waals surface area contributed by atoms with Crippen molar-refractivity contribution in [2.24, 2.45) is 5.92 Å². The van der Waals surface area contributed by atoms with Crippen LogP contribution in [0, 0.1) is 5.92 Å². The van der Waals surface area contributed by atoms with Gasteiger partial charge in [-0.05, 0) is 41.1 Å². The predicted molar refractivity (Wildman–Crippen MR) is 103 cm³/mol. The summed E-state index contributed by atoms with van der Waals surface area (Å²) in [6.07, 6.45) is 3.35. The van der Waals surface area contributed by atoms with E-state index < -0.39 is 0 Å².